The Hall–Kier alpha value is -4.12. The lowest BCUT2D eigenvalue weighted by Crippen LogP contribution is -2.33. The Morgan fingerprint density at radius 3 is 2.39 bits per heavy atom. The zero-order valence-electron chi connectivity index (χ0n) is 18.3. The van der Waals surface area contributed by atoms with Crippen LogP contribution >= 0.6 is 0 Å². The third-order valence-electron chi connectivity index (χ3n) is 5.69. The van der Waals surface area contributed by atoms with Crippen LogP contribution in [0.2, 0.25) is 0 Å². The van der Waals surface area contributed by atoms with Crippen LogP contribution in [-0.2, 0) is 16.0 Å². The van der Waals surface area contributed by atoms with E-state index < -0.39 is 23.5 Å². The Kier molecular flexibility index (Phi) is 6.69. The van der Waals surface area contributed by atoms with Gasteiger partial charge in [-0.25, -0.2) is 0 Å². The zero-order valence-corrected chi connectivity index (χ0v) is 18.3. The quantitative estimate of drug-likeness (QED) is 0.506. The fraction of sp³-hybridized carbons (Fsp3) is 0.143. The van der Waals surface area contributed by atoms with Gasteiger partial charge in [-0.05, 0) is 41.3 Å². The summed E-state index contributed by atoms with van der Waals surface area (Å²) in [6, 6.07) is 25.7. The first-order chi connectivity index (χ1) is 16.1. The van der Waals surface area contributed by atoms with Crippen LogP contribution in [0.5, 0.6) is 5.75 Å². The van der Waals surface area contributed by atoms with Crippen molar-refractivity contribution in [3.8, 4) is 5.75 Å². The fourth-order valence-corrected chi connectivity index (χ4v) is 4.01. The summed E-state index contributed by atoms with van der Waals surface area (Å²) in [7, 11) is 1.56. The molecule has 0 saturated heterocycles. The number of amides is 1. The molecule has 1 atom stereocenters. The van der Waals surface area contributed by atoms with Crippen LogP contribution in [0.25, 0.3) is 6.08 Å². The Balaban J connectivity index is 1.68. The van der Waals surface area contributed by atoms with Crippen LogP contribution in [0.1, 0.15) is 22.7 Å². The highest BCUT2D eigenvalue weighted by molar-refractivity contribution is 6.14. The van der Waals surface area contributed by atoms with Gasteiger partial charge in [-0.3, -0.25) is 9.59 Å². The van der Waals surface area contributed by atoms with Crippen molar-refractivity contribution in [2.24, 2.45) is 0 Å². The van der Waals surface area contributed by atoms with Gasteiger partial charge in [-0.1, -0.05) is 78.9 Å². The minimum atomic E-state index is -0.704. The predicted octanol–water partition coefficient (Wildman–Crippen LogP) is 4.92. The predicted molar refractivity (Wildman–Crippen MR) is 128 cm³/mol. The summed E-state index contributed by atoms with van der Waals surface area (Å²) in [4.78, 5) is 27.8. The lowest BCUT2D eigenvalue weighted by molar-refractivity contribution is -0.129. The first-order valence-corrected chi connectivity index (χ1v) is 10.8. The van der Waals surface area contributed by atoms with E-state index in [1.807, 2.05) is 72.8 Å². The molecule has 4 rings (SSSR count). The molecule has 1 aliphatic rings. The van der Waals surface area contributed by atoms with Crippen molar-refractivity contribution < 1.29 is 19.4 Å². The highest BCUT2D eigenvalue weighted by Crippen LogP contribution is 2.39. The molecule has 0 aromatic heterocycles. The van der Waals surface area contributed by atoms with E-state index in [9.17, 15) is 14.7 Å². The molecule has 1 aliphatic heterocycles. The SMILES string of the molecule is COc1cccc(C2C(C(=O)/C=C/c3ccccc3)=C(O)C(=O)N2CCc2ccccc2)c1. The number of carbonyl (C=O) groups excluding carboxylic acids is 2. The molecule has 1 amide bonds. The van der Waals surface area contributed by atoms with E-state index in [0.717, 1.165) is 11.1 Å². The molecule has 166 valence electrons. The van der Waals surface area contributed by atoms with E-state index in [-0.39, 0.29) is 5.57 Å². The first-order valence-electron chi connectivity index (χ1n) is 10.8. The molecule has 5 heteroatoms. The summed E-state index contributed by atoms with van der Waals surface area (Å²) >= 11 is 0. The fourth-order valence-electron chi connectivity index (χ4n) is 4.01. The van der Waals surface area contributed by atoms with Crippen LogP contribution in [0.15, 0.2) is 102 Å². The number of ketones is 1. The molecule has 0 saturated carbocycles. The van der Waals surface area contributed by atoms with Crippen molar-refractivity contribution >= 4 is 17.8 Å². The average Bonchev–Trinajstić information content (AvgIpc) is 3.12. The number of allylic oxidation sites excluding steroid dienone is 1. The molecule has 3 aromatic carbocycles. The molecule has 0 fully saturated rings. The van der Waals surface area contributed by atoms with E-state index >= 15 is 0 Å². The Labute approximate surface area is 193 Å². The number of methoxy groups -OCH3 is 1. The number of aliphatic hydroxyl groups is 1. The lowest BCUT2D eigenvalue weighted by atomic mass is 9.95. The molecule has 5 nitrogen and oxygen atoms in total. The second kappa shape index (κ2) is 10.0. The van der Waals surface area contributed by atoms with Gasteiger partial charge < -0.3 is 14.7 Å². The molecule has 3 aromatic rings. The summed E-state index contributed by atoms with van der Waals surface area (Å²) in [6.07, 6.45) is 3.69. The second-order valence-electron chi connectivity index (χ2n) is 7.78. The largest absolute Gasteiger partial charge is 0.503 e. The monoisotopic (exact) mass is 439 g/mol. The summed E-state index contributed by atoms with van der Waals surface area (Å²) in [5.41, 5.74) is 2.71. The molecule has 0 aliphatic carbocycles. The molecule has 1 N–H and O–H groups in total. The van der Waals surface area contributed by atoms with Crippen LogP contribution < -0.4 is 4.74 Å². The van der Waals surface area contributed by atoms with E-state index in [4.69, 9.17) is 4.74 Å². The average molecular weight is 440 g/mol. The highest BCUT2D eigenvalue weighted by Gasteiger charge is 2.42. The standard InChI is InChI=1S/C28H25NO4/c1-33-23-14-8-13-22(19-23)26-25(24(30)16-15-20-9-4-2-5-10-20)27(31)28(32)29(26)18-17-21-11-6-3-7-12-21/h2-16,19,26,31H,17-18H2,1H3/b16-15+. The number of benzene rings is 3. The van der Waals surface area contributed by atoms with Gasteiger partial charge in [-0.2, -0.15) is 0 Å². The lowest BCUT2D eigenvalue weighted by Gasteiger charge is -2.27. The molecule has 0 radical (unpaired) electrons. The van der Waals surface area contributed by atoms with Gasteiger partial charge in [-0.15, -0.1) is 0 Å². The van der Waals surface area contributed by atoms with Crippen molar-refractivity contribution in [3.63, 3.8) is 0 Å². The maximum absolute atomic E-state index is 13.2. The van der Waals surface area contributed by atoms with Crippen molar-refractivity contribution in [2.45, 2.75) is 12.5 Å². The van der Waals surface area contributed by atoms with Crippen molar-refractivity contribution in [2.75, 3.05) is 13.7 Å². The molecule has 1 unspecified atom stereocenters. The number of ether oxygens (including phenoxy) is 1. The maximum Gasteiger partial charge on any atom is 0.290 e. The molecule has 1 heterocycles. The van der Waals surface area contributed by atoms with E-state index in [2.05, 4.69) is 0 Å². The third kappa shape index (κ3) is 4.88. The third-order valence-corrected chi connectivity index (χ3v) is 5.69. The summed E-state index contributed by atoms with van der Waals surface area (Å²) in [6.45, 7) is 0.355. The molecule has 0 bridgehead atoms. The van der Waals surface area contributed by atoms with Gasteiger partial charge in [0.15, 0.2) is 11.5 Å². The second-order valence-corrected chi connectivity index (χ2v) is 7.78. The van der Waals surface area contributed by atoms with Crippen LogP contribution in [0.3, 0.4) is 0 Å². The number of hydrogen-bond acceptors (Lipinski definition) is 4. The molecule has 33 heavy (non-hydrogen) atoms. The topological polar surface area (TPSA) is 66.8 Å². The van der Waals surface area contributed by atoms with Crippen molar-refractivity contribution in [1.82, 2.24) is 4.90 Å². The van der Waals surface area contributed by atoms with Crippen LogP contribution in [-0.4, -0.2) is 35.4 Å². The first kappa shape index (κ1) is 22.1. The summed E-state index contributed by atoms with van der Waals surface area (Å²) in [5, 5.41) is 10.8. The van der Waals surface area contributed by atoms with Gasteiger partial charge in [0.1, 0.15) is 5.75 Å². The number of aliphatic hydroxyl groups excluding tert-OH is 1. The van der Waals surface area contributed by atoms with E-state index in [0.29, 0.717) is 24.3 Å². The van der Waals surface area contributed by atoms with Gasteiger partial charge in [0.05, 0.1) is 18.7 Å². The van der Waals surface area contributed by atoms with Crippen LogP contribution in [0, 0.1) is 0 Å². The number of carbonyl (C=O) groups is 2. The van der Waals surface area contributed by atoms with Gasteiger partial charge in [0, 0.05) is 6.54 Å². The number of hydrogen-bond donors (Lipinski definition) is 1. The van der Waals surface area contributed by atoms with Crippen molar-refractivity contribution in [3.05, 3.63) is 119 Å². The smallest absolute Gasteiger partial charge is 0.290 e. The summed E-state index contributed by atoms with van der Waals surface area (Å²) < 4.78 is 5.35. The Morgan fingerprint density at radius 1 is 1.00 bits per heavy atom. The van der Waals surface area contributed by atoms with Gasteiger partial charge in [0.25, 0.3) is 5.91 Å². The Bertz CT molecular complexity index is 1200. The number of nitrogens with zero attached hydrogens (tertiary/aromatic N) is 1. The van der Waals surface area contributed by atoms with Crippen LogP contribution in [0.4, 0.5) is 0 Å². The minimum Gasteiger partial charge on any atom is -0.503 e. The minimum absolute atomic E-state index is 0.0773. The molecular formula is C28H25NO4. The zero-order chi connectivity index (χ0) is 23.2. The normalized spacial score (nSPS) is 16.0. The molecule has 0 spiro atoms. The van der Waals surface area contributed by atoms with E-state index in [1.54, 1.807) is 30.2 Å². The van der Waals surface area contributed by atoms with Gasteiger partial charge in [0.2, 0.25) is 0 Å². The Morgan fingerprint density at radius 2 is 1.70 bits per heavy atom. The maximum atomic E-state index is 13.2. The van der Waals surface area contributed by atoms with E-state index in [1.165, 1.54) is 6.08 Å². The molecular weight excluding hydrogens is 414 g/mol. The number of rotatable bonds is 8. The highest BCUT2D eigenvalue weighted by atomic mass is 16.5. The van der Waals surface area contributed by atoms with Crippen molar-refractivity contribution in [1.29, 1.82) is 0 Å². The summed E-state index contributed by atoms with van der Waals surface area (Å²) in [5.74, 6) is -0.838. The van der Waals surface area contributed by atoms with Gasteiger partial charge >= 0.3 is 0 Å².